The Kier molecular flexibility index (Phi) is 3.55. The number of ether oxygens (including phenoxy) is 1. The molecular weight excluding hydrogens is 216 g/mol. The Hall–Kier alpha value is -2.10. The number of rotatable bonds is 3. The number of benzene rings is 1. The third-order valence-electron chi connectivity index (χ3n) is 2.34. The minimum atomic E-state index is -0.438. The molecule has 1 aromatic carbocycles. The summed E-state index contributed by atoms with van der Waals surface area (Å²) in [5.41, 5.74) is 2.18. The van der Waals surface area contributed by atoms with Crippen molar-refractivity contribution < 1.29 is 9.53 Å². The summed E-state index contributed by atoms with van der Waals surface area (Å²) in [6, 6.07) is 10.0. The lowest BCUT2D eigenvalue weighted by molar-refractivity contribution is 0.150. The van der Waals surface area contributed by atoms with Crippen LogP contribution < -0.4 is 0 Å². The van der Waals surface area contributed by atoms with E-state index in [1.54, 1.807) is 19.3 Å². The molecule has 88 valence electrons. The van der Waals surface area contributed by atoms with Gasteiger partial charge in [-0.15, -0.1) is 0 Å². The van der Waals surface area contributed by atoms with E-state index in [0.29, 0.717) is 6.61 Å². The van der Waals surface area contributed by atoms with Crippen molar-refractivity contribution in [1.82, 2.24) is 9.78 Å². The minimum absolute atomic E-state index is 0.354. The first-order valence-electron chi connectivity index (χ1n) is 5.54. The minimum Gasteiger partial charge on any atom is -0.448 e. The molecule has 2 aromatic rings. The summed E-state index contributed by atoms with van der Waals surface area (Å²) < 4.78 is 6.08. The standard InChI is InChI=1S/C13H14N2O2/c1-2-17-13(16)15-10-12(9-14-15)8-11-6-4-3-5-7-11/h3-7,9-10H,2,8H2,1H3. The molecule has 0 unspecified atom stereocenters. The van der Waals surface area contributed by atoms with Crippen LogP contribution in [0.25, 0.3) is 0 Å². The van der Waals surface area contributed by atoms with Crippen LogP contribution in [-0.2, 0) is 11.2 Å². The topological polar surface area (TPSA) is 44.1 Å². The molecule has 0 spiro atoms. The second-order valence-electron chi connectivity index (χ2n) is 3.65. The first-order valence-corrected chi connectivity index (χ1v) is 5.54. The first-order chi connectivity index (χ1) is 8.29. The number of hydrogen-bond donors (Lipinski definition) is 0. The second kappa shape index (κ2) is 5.30. The van der Waals surface area contributed by atoms with Crippen molar-refractivity contribution in [1.29, 1.82) is 0 Å². The quantitative estimate of drug-likeness (QED) is 0.813. The van der Waals surface area contributed by atoms with Gasteiger partial charge in [0.1, 0.15) is 0 Å². The maximum absolute atomic E-state index is 11.4. The van der Waals surface area contributed by atoms with Crippen molar-refractivity contribution >= 4 is 6.09 Å². The van der Waals surface area contributed by atoms with Crippen LogP contribution >= 0.6 is 0 Å². The maximum Gasteiger partial charge on any atom is 0.434 e. The Morgan fingerprint density at radius 1 is 1.29 bits per heavy atom. The third-order valence-corrected chi connectivity index (χ3v) is 2.34. The maximum atomic E-state index is 11.4. The van der Waals surface area contributed by atoms with Crippen LogP contribution in [-0.4, -0.2) is 22.5 Å². The van der Waals surface area contributed by atoms with Gasteiger partial charge in [0, 0.05) is 12.6 Å². The third kappa shape index (κ3) is 2.93. The van der Waals surface area contributed by atoms with Crippen LogP contribution in [0, 0.1) is 0 Å². The van der Waals surface area contributed by atoms with E-state index < -0.39 is 6.09 Å². The number of hydrogen-bond acceptors (Lipinski definition) is 3. The predicted molar refractivity (Wildman–Crippen MR) is 63.9 cm³/mol. The molecule has 0 aliphatic rings. The smallest absolute Gasteiger partial charge is 0.434 e. The van der Waals surface area contributed by atoms with E-state index in [-0.39, 0.29) is 0 Å². The highest BCUT2D eigenvalue weighted by Crippen LogP contribution is 2.08. The van der Waals surface area contributed by atoms with Crippen LogP contribution in [0.3, 0.4) is 0 Å². The number of carbonyl (C=O) groups excluding carboxylic acids is 1. The molecule has 17 heavy (non-hydrogen) atoms. The van der Waals surface area contributed by atoms with Crippen LogP contribution in [0.1, 0.15) is 18.1 Å². The zero-order chi connectivity index (χ0) is 12.1. The molecule has 0 atom stereocenters. The SMILES string of the molecule is CCOC(=O)n1cc(Cc2ccccc2)cn1. The van der Waals surface area contributed by atoms with Gasteiger partial charge in [0.15, 0.2) is 0 Å². The Labute approximate surface area is 99.8 Å². The number of carbonyl (C=O) groups is 1. The van der Waals surface area contributed by atoms with E-state index in [1.807, 2.05) is 30.3 Å². The molecular formula is C13H14N2O2. The van der Waals surface area contributed by atoms with E-state index in [0.717, 1.165) is 12.0 Å². The van der Waals surface area contributed by atoms with Gasteiger partial charge >= 0.3 is 6.09 Å². The van der Waals surface area contributed by atoms with E-state index in [4.69, 9.17) is 4.74 Å². The van der Waals surface area contributed by atoms with E-state index >= 15 is 0 Å². The largest absolute Gasteiger partial charge is 0.448 e. The van der Waals surface area contributed by atoms with Crippen LogP contribution in [0.15, 0.2) is 42.7 Å². The molecule has 4 nitrogen and oxygen atoms in total. The van der Waals surface area contributed by atoms with Gasteiger partial charge in [-0.2, -0.15) is 9.78 Å². The lowest BCUT2D eigenvalue weighted by Gasteiger charge is -1.99. The Morgan fingerprint density at radius 2 is 2.06 bits per heavy atom. The summed E-state index contributed by atoms with van der Waals surface area (Å²) >= 11 is 0. The van der Waals surface area contributed by atoms with Gasteiger partial charge in [-0.3, -0.25) is 0 Å². The highest BCUT2D eigenvalue weighted by Gasteiger charge is 2.07. The van der Waals surface area contributed by atoms with Gasteiger partial charge in [-0.1, -0.05) is 30.3 Å². The van der Waals surface area contributed by atoms with Crippen molar-refractivity contribution in [3.63, 3.8) is 0 Å². The molecule has 0 saturated carbocycles. The highest BCUT2D eigenvalue weighted by molar-refractivity contribution is 5.69. The summed E-state index contributed by atoms with van der Waals surface area (Å²) in [5, 5.41) is 3.97. The predicted octanol–water partition coefficient (Wildman–Crippen LogP) is 2.48. The lowest BCUT2D eigenvalue weighted by atomic mass is 10.1. The van der Waals surface area contributed by atoms with E-state index in [1.165, 1.54) is 10.2 Å². The van der Waals surface area contributed by atoms with Crippen molar-refractivity contribution in [2.24, 2.45) is 0 Å². The molecule has 1 aromatic heterocycles. The van der Waals surface area contributed by atoms with Gasteiger partial charge < -0.3 is 4.74 Å². The first kappa shape index (κ1) is 11.4. The van der Waals surface area contributed by atoms with Gasteiger partial charge in [0.25, 0.3) is 0 Å². The molecule has 0 radical (unpaired) electrons. The van der Waals surface area contributed by atoms with Gasteiger partial charge in [-0.25, -0.2) is 4.79 Å². The second-order valence-corrected chi connectivity index (χ2v) is 3.65. The average Bonchev–Trinajstić information content (AvgIpc) is 2.79. The molecule has 0 aliphatic heterocycles. The lowest BCUT2D eigenvalue weighted by Crippen LogP contribution is -2.13. The molecule has 4 heteroatoms. The summed E-state index contributed by atoms with van der Waals surface area (Å²) in [5.74, 6) is 0. The van der Waals surface area contributed by atoms with Crippen molar-refractivity contribution in [2.75, 3.05) is 6.61 Å². The van der Waals surface area contributed by atoms with Crippen LogP contribution in [0.5, 0.6) is 0 Å². The fraction of sp³-hybridized carbons (Fsp3) is 0.231. The highest BCUT2D eigenvalue weighted by atomic mass is 16.5. The average molecular weight is 230 g/mol. The fourth-order valence-electron chi connectivity index (χ4n) is 1.57. The number of aromatic nitrogens is 2. The van der Waals surface area contributed by atoms with Crippen molar-refractivity contribution in [3.05, 3.63) is 53.9 Å². The molecule has 2 rings (SSSR count). The molecule has 0 amide bonds. The molecule has 1 heterocycles. The zero-order valence-corrected chi connectivity index (χ0v) is 9.67. The number of nitrogens with zero attached hydrogens (tertiary/aromatic N) is 2. The van der Waals surface area contributed by atoms with Gasteiger partial charge in [0.05, 0.1) is 12.8 Å². The van der Waals surface area contributed by atoms with E-state index in [2.05, 4.69) is 5.10 Å². The van der Waals surface area contributed by atoms with Crippen molar-refractivity contribution in [2.45, 2.75) is 13.3 Å². The van der Waals surface area contributed by atoms with Crippen LogP contribution in [0.4, 0.5) is 4.79 Å². The molecule has 0 bridgehead atoms. The van der Waals surface area contributed by atoms with Gasteiger partial charge in [-0.05, 0) is 18.1 Å². The Morgan fingerprint density at radius 3 is 2.76 bits per heavy atom. The van der Waals surface area contributed by atoms with Crippen LogP contribution in [0.2, 0.25) is 0 Å². The van der Waals surface area contributed by atoms with E-state index in [9.17, 15) is 4.79 Å². The zero-order valence-electron chi connectivity index (χ0n) is 9.67. The molecule has 0 saturated heterocycles. The van der Waals surface area contributed by atoms with Gasteiger partial charge in [0.2, 0.25) is 0 Å². The summed E-state index contributed by atoms with van der Waals surface area (Å²) in [6.45, 7) is 2.12. The molecule has 0 fully saturated rings. The Balaban J connectivity index is 2.06. The summed E-state index contributed by atoms with van der Waals surface area (Å²) in [7, 11) is 0. The molecule has 0 aliphatic carbocycles. The normalized spacial score (nSPS) is 10.2. The molecule has 0 N–H and O–H groups in total. The summed E-state index contributed by atoms with van der Waals surface area (Å²) in [6.07, 6.45) is 3.71. The Bertz CT molecular complexity index is 491. The summed E-state index contributed by atoms with van der Waals surface area (Å²) in [4.78, 5) is 11.4. The van der Waals surface area contributed by atoms with Crippen molar-refractivity contribution in [3.8, 4) is 0 Å². The monoisotopic (exact) mass is 230 g/mol. The fourth-order valence-corrected chi connectivity index (χ4v) is 1.57.